The molecule has 7 nitrogen and oxygen atoms in total. The highest BCUT2D eigenvalue weighted by Gasteiger charge is 2.07. The van der Waals surface area contributed by atoms with Crippen molar-refractivity contribution < 1.29 is 19.5 Å². The van der Waals surface area contributed by atoms with E-state index in [2.05, 4.69) is 56.9 Å². The summed E-state index contributed by atoms with van der Waals surface area (Å²) in [5.74, 6) is 1.26. The number of hydrogen-bond acceptors (Lipinski definition) is 5. The molecule has 0 aliphatic carbocycles. The van der Waals surface area contributed by atoms with Gasteiger partial charge in [-0.2, -0.15) is 0 Å². The van der Waals surface area contributed by atoms with E-state index in [9.17, 15) is 19.7 Å². The Morgan fingerprint density at radius 3 is 2.16 bits per heavy atom. The Morgan fingerprint density at radius 2 is 1.61 bits per heavy atom. The van der Waals surface area contributed by atoms with Crippen molar-refractivity contribution in [2.45, 2.75) is 131 Å². The van der Waals surface area contributed by atoms with E-state index in [4.69, 9.17) is 0 Å². The zero-order chi connectivity index (χ0) is 28.9. The minimum Gasteiger partial charge on any atom is -0.355 e. The van der Waals surface area contributed by atoms with E-state index in [0.29, 0.717) is 24.3 Å². The molecule has 0 bridgehead atoms. The maximum atomic E-state index is 11.6. The summed E-state index contributed by atoms with van der Waals surface area (Å²) in [4.78, 5) is 36.0. The molecule has 0 heterocycles. The number of amides is 1. The summed E-state index contributed by atoms with van der Waals surface area (Å²) in [5.41, 5.74) is 1.48. The molecule has 0 saturated carbocycles. The van der Waals surface area contributed by atoms with Gasteiger partial charge in [0, 0.05) is 19.4 Å². The lowest BCUT2D eigenvalue weighted by atomic mass is 9.95. The number of ketones is 1. The van der Waals surface area contributed by atoms with Crippen LogP contribution in [-0.4, -0.2) is 17.3 Å². The molecule has 218 valence electrons. The van der Waals surface area contributed by atoms with Crippen LogP contribution >= 0.6 is 0 Å². The first-order valence-corrected chi connectivity index (χ1v) is 14.5. The first kappa shape index (κ1) is 37.5. The zero-order valence-electron chi connectivity index (χ0n) is 24.7. The molecule has 0 fully saturated rings. The van der Waals surface area contributed by atoms with Crippen molar-refractivity contribution in [1.29, 1.82) is 0 Å². The van der Waals surface area contributed by atoms with Gasteiger partial charge in [-0.05, 0) is 43.2 Å². The maximum absolute atomic E-state index is 11.6. The topological polar surface area (TPSA) is 98.5 Å². The number of rotatable bonds is 20. The summed E-state index contributed by atoms with van der Waals surface area (Å²) in [6, 6.07) is 7.03. The Morgan fingerprint density at radius 1 is 0.974 bits per heavy atom. The van der Waals surface area contributed by atoms with Crippen LogP contribution in [0.15, 0.2) is 36.4 Å². The van der Waals surface area contributed by atoms with Crippen LogP contribution in [0.4, 0.5) is 0 Å². The van der Waals surface area contributed by atoms with Crippen molar-refractivity contribution >= 4 is 12.2 Å². The number of nitrogens with one attached hydrogen (secondary N) is 1. The highest BCUT2D eigenvalue weighted by atomic mass is 16.9. The number of unbranched alkanes of at least 4 members (excludes halogenated alkanes) is 6. The SMILES string of the molecule is C/C=C\CCCC.CCCCCCCC(=O)CCC(CC)CC.O=CNCc1ccccc1CO[N+](=O)[O-]. The van der Waals surface area contributed by atoms with Gasteiger partial charge in [-0.3, -0.25) is 9.59 Å². The van der Waals surface area contributed by atoms with Crippen LogP contribution in [0.25, 0.3) is 0 Å². The number of nitrogens with zero attached hydrogens (tertiary/aromatic N) is 1. The van der Waals surface area contributed by atoms with Crippen molar-refractivity contribution in [3.8, 4) is 0 Å². The van der Waals surface area contributed by atoms with Gasteiger partial charge in [0.1, 0.15) is 12.4 Å². The van der Waals surface area contributed by atoms with Crippen molar-refractivity contribution in [3.63, 3.8) is 0 Å². The van der Waals surface area contributed by atoms with E-state index in [1.165, 1.54) is 57.8 Å². The van der Waals surface area contributed by atoms with Gasteiger partial charge in [-0.15, -0.1) is 10.1 Å². The fourth-order valence-electron chi connectivity index (χ4n) is 3.75. The number of allylic oxidation sites excluding steroid dienone is 2. The second-order valence-electron chi connectivity index (χ2n) is 9.40. The van der Waals surface area contributed by atoms with Crippen molar-refractivity contribution in [2.24, 2.45) is 5.92 Å². The lowest BCUT2D eigenvalue weighted by Crippen LogP contribution is -2.12. The minimum absolute atomic E-state index is 0.107. The van der Waals surface area contributed by atoms with E-state index in [0.717, 1.165) is 37.2 Å². The molecule has 38 heavy (non-hydrogen) atoms. The average Bonchev–Trinajstić information content (AvgIpc) is 2.92. The predicted molar refractivity (Wildman–Crippen MR) is 157 cm³/mol. The summed E-state index contributed by atoms with van der Waals surface area (Å²) in [7, 11) is 0. The third kappa shape index (κ3) is 25.0. The Balaban J connectivity index is 0. The first-order chi connectivity index (χ1) is 18.4. The standard InChI is InChI=1S/C15H30O.C9H10N2O4.C7H14/c1-4-7-8-9-10-11-15(16)13-12-14(5-2)6-3;12-7-10-5-8-3-1-2-4-9(8)6-15-11(13)14;1-3-5-7-6-4-2/h14H,4-13H2,1-3H3;1-4,7H,5-6H2,(H,10,12);3,5H,4,6-7H2,1-2H3/b;;5-3-. The summed E-state index contributed by atoms with van der Waals surface area (Å²) >= 11 is 0. The van der Waals surface area contributed by atoms with E-state index in [1.54, 1.807) is 24.3 Å². The van der Waals surface area contributed by atoms with Crippen LogP contribution in [0, 0.1) is 16.0 Å². The van der Waals surface area contributed by atoms with Crippen LogP contribution in [0.5, 0.6) is 0 Å². The number of carbonyl (C=O) groups excluding carboxylic acids is 2. The normalized spacial score (nSPS) is 10.3. The summed E-state index contributed by atoms with van der Waals surface area (Å²) < 4.78 is 0. The van der Waals surface area contributed by atoms with Crippen LogP contribution in [0.1, 0.15) is 129 Å². The Hall–Kier alpha value is -2.70. The fraction of sp³-hybridized carbons (Fsp3) is 0.677. The largest absolute Gasteiger partial charge is 0.355 e. The molecule has 0 aliphatic heterocycles. The molecule has 1 rings (SSSR count). The molecule has 0 saturated heterocycles. The molecule has 0 aliphatic rings. The third-order valence-corrected chi connectivity index (χ3v) is 6.33. The van der Waals surface area contributed by atoms with Crippen molar-refractivity contribution in [1.82, 2.24) is 5.32 Å². The monoisotopic (exact) mass is 534 g/mol. The molecule has 1 aromatic carbocycles. The van der Waals surface area contributed by atoms with Crippen molar-refractivity contribution in [3.05, 3.63) is 57.7 Å². The van der Waals surface area contributed by atoms with E-state index >= 15 is 0 Å². The van der Waals surface area contributed by atoms with Gasteiger partial charge < -0.3 is 10.2 Å². The van der Waals surface area contributed by atoms with Crippen molar-refractivity contribution in [2.75, 3.05) is 0 Å². The lowest BCUT2D eigenvalue weighted by molar-refractivity contribution is -0.763. The van der Waals surface area contributed by atoms with Gasteiger partial charge in [0.05, 0.1) is 0 Å². The van der Waals surface area contributed by atoms with Gasteiger partial charge in [0.2, 0.25) is 6.41 Å². The predicted octanol–water partition coefficient (Wildman–Crippen LogP) is 8.53. The second-order valence-corrected chi connectivity index (χ2v) is 9.40. The molecule has 0 atom stereocenters. The lowest BCUT2D eigenvalue weighted by Gasteiger charge is -2.10. The molecule has 0 aromatic heterocycles. The zero-order valence-corrected chi connectivity index (χ0v) is 24.7. The molecule has 0 unspecified atom stereocenters. The molecular formula is C31H54N2O5. The van der Waals surface area contributed by atoms with Crippen LogP contribution < -0.4 is 5.32 Å². The van der Waals surface area contributed by atoms with E-state index in [1.807, 2.05) is 0 Å². The maximum Gasteiger partial charge on any atom is 0.294 e. The molecule has 1 aromatic rings. The molecule has 7 heteroatoms. The van der Waals surface area contributed by atoms with E-state index < -0.39 is 5.09 Å². The van der Waals surface area contributed by atoms with Gasteiger partial charge in [0.15, 0.2) is 0 Å². The minimum atomic E-state index is -0.843. The van der Waals surface area contributed by atoms with Crippen LogP contribution in [-0.2, 0) is 27.6 Å². The summed E-state index contributed by atoms with van der Waals surface area (Å²) in [6.07, 6.45) is 20.3. The first-order valence-electron chi connectivity index (χ1n) is 14.5. The number of benzene rings is 1. The van der Waals surface area contributed by atoms with Gasteiger partial charge in [-0.25, -0.2) is 0 Å². The molecule has 1 amide bonds. The smallest absolute Gasteiger partial charge is 0.294 e. The number of hydrogen-bond donors (Lipinski definition) is 1. The molecule has 0 spiro atoms. The van der Waals surface area contributed by atoms with Crippen LogP contribution in [0.2, 0.25) is 0 Å². The highest BCUT2D eigenvalue weighted by molar-refractivity contribution is 5.78. The Bertz CT molecular complexity index is 733. The highest BCUT2D eigenvalue weighted by Crippen LogP contribution is 2.16. The average molecular weight is 535 g/mol. The molecular weight excluding hydrogens is 480 g/mol. The fourth-order valence-corrected chi connectivity index (χ4v) is 3.75. The summed E-state index contributed by atoms with van der Waals surface area (Å²) in [6.45, 7) is 11.2. The van der Waals surface area contributed by atoms with E-state index in [-0.39, 0.29) is 6.61 Å². The molecule has 1 N–H and O–H groups in total. The van der Waals surface area contributed by atoms with Gasteiger partial charge >= 0.3 is 0 Å². The second kappa shape index (κ2) is 28.9. The quantitative estimate of drug-likeness (QED) is 0.0594. The summed E-state index contributed by atoms with van der Waals surface area (Å²) in [5, 5.41) is 11.7. The number of carbonyl (C=O) groups is 2. The van der Waals surface area contributed by atoms with Crippen LogP contribution in [0.3, 0.4) is 0 Å². The third-order valence-electron chi connectivity index (χ3n) is 6.33. The Labute approximate surface area is 231 Å². The Kier molecular flexibility index (Phi) is 28.4. The van der Waals surface area contributed by atoms with Gasteiger partial charge in [0.25, 0.3) is 5.09 Å². The molecule has 0 radical (unpaired) electrons. The van der Waals surface area contributed by atoms with Gasteiger partial charge in [-0.1, -0.05) is 115 Å². The number of Topliss-reactive ketones (excluding diaryl/α,β-unsaturated/α-hetero) is 1.